The van der Waals surface area contributed by atoms with Gasteiger partial charge in [-0.05, 0) is 44.4 Å². The lowest BCUT2D eigenvalue weighted by Gasteiger charge is -2.26. The quantitative estimate of drug-likeness (QED) is 0.924. The first kappa shape index (κ1) is 14.0. The number of hydrogen-bond donors (Lipinski definition) is 1. The third-order valence-electron chi connectivity index (χ3n) is 4.65. The van der Waals surface area contributed by atoms with Gasteiger partial charge in [0.2, 0.25) is 10.0 Å². The van der Waals surface area contributed by atoms with Gasteiger partial charge in [0.25, 0.3) is 0 Å². The number of sulfonamides is 1. The second-order valence-electron chi connectivity index (χ2n) is 5.89. The van der Waals surface area contributed by atoms with Crippen LogP contribution < -0.4 is 5.32 Å². The molecule has 5 heteroatoms. The van der Waals surface area contributed by atoms with Gasteiger partial charge in [-0.3, -0.25) is 0 Å². The van der Waals surface area contributed by atoms with Gasteiger partial charge in [0.1, 0.15) is 0 Å². The molecule has 4 nitrogen and oxygen atoms in total. The molecule has 0 saturated carbocycles. The summed E-state index contributed by atoms with van der Waals surface area (Å²) >= 11 is 0. The molecule has 2 aliphatic rings. The Morgan fingerprint density at radius 3 is 2.65 bits per heavy atom. The molecular weight excluding hydrogens is 272 g/mol. The molecule has 0 radical (unpaired) electrons. The Bertz CT molecular complexity index is 582. The fraction of sp³-hybridized carbons (Fsp3) is 0.600. The summed E-state index contributed by atoms with van der Waals surface area (Å²) in [5.41, 5.74) is 1.08. The van der Waals surface area contributed by atoms with E-state index in [9.17, 15) is 8.42 Å². The molecule has 0 aromatic heterocycles. The van der Waals surface area contributed by atoms with E-state index in [0.29, 0.717) is 23.4 Å². The summed E-state index contributed by atoms with van der Waals surface area (Å²) in [5, 5.41) is 3.48. The molecule has 2 heterocycles. The van der Waals surface area contributed by atoms with Crippen molar-refractivity contribution in [1.29, 1.82) is 0 Å². The fourth-order valence-electron chi connectivity index (χ4n) is 3.56. The van der Waals surface area contributed by atoms with E-state index in [-0.39, 0.29) is 6.04 Å². The summed E-state index contributed by atoms with van der Waals surface area (Å²) in [5.74, 6) is 0.472. The predicted octanol–water partition coefficient (Wildman–Crippen LogP) is 1.76. The Hall–Kier alpha value is -0.910. The van der Waals surface area contributed by atoms with E-state index in [1.54, 1.807) is 16.4 Å². The largest absolute Gasteiger partial charge is 0.312 e. The van der Waals surface area contributed by atoms with Crippen molar-refractivity contribution in [3.8, 4) is 0 Å². The summed E-state index contributed by atoms with van der Waals surface area (Å²) in [6.45, 7) is 5.72. The zero-order valence-electron chi connectivity index (χ0n) is 12.0. The molecule has 110 valence electrons. The molecule has 2 aliphatic heterocycles. The summed E-state index contributed by atoms with van der Waals surface area (Å²) in [6, 6.07) is 7.60. The molecule has 0 spiro atoms. The van der Waals surface area contributed by atoms with Crippen LogP contribution in [0.5, 0.6) is 0 Å². The molecule has 20 heavy (non-hydrogen) atoms. The van der Waals surface area contributed by atoms with Crippen molar-refractivity contribution in [2.45, 2.75) is 43.7 Å². The Labute approximate surface area is 121 Å². The van der Waals surface area contributed by atoms with Crippen LogP contribution in [0.25, 0.3) is 0 Å². The monoisotopic (exact) mass is 294 g/mol. The van der Waals surface area contributed by atoms with Crippen molar-refractivity contribution in [1.82, 2.24) is 9.62 Å². The summed E-state index contributed by atoms with van der Waals surface area (Å²) in [4.78, 5) is 0.418. The van der Waals surface area contributed by atoms with Crippen LogP contribution in [0.4, 0.5) is 0 Å². The smallest absolute Gasteiger partial charge is 0.243 e. The van der Waals surface area contributed by atoms with E-state index in [1.165, 1.54) is 0 Å². The highest BCUT2D eigenvalue weighted by Gasteiger charge is 2.47. The minimum Gasteiger partial charge on any atom is -0.312 e. The number of aryl methyl sites for hydroxylation is 1. The van der Waals surface area contributed by atoms with Gasteiger partial charge in [0.05, 0.1) is 4.90 Å². The number of nitrogens with one attached hydrogen (secondary N) is 1. The molecule has 3 atom stereocenters. The highest BCUT2D eigenvalue weighted by molar-refractivity contribution is 7.89. The van der Waals surface area contributed by atoms with E-state index >= 15 is 0 Å². The first-order valence-corrected chi connectivity index (χ1v) is 8.80. The van der Waals surface area contributed by atoms with Crippen LogP contribution in [0.15, 0.2) is 29.2 Å². The first-order valence-electron chi connectivity index (χ1n) is 7.36. The standard InChI is InChI=1S/C15H22N2O2S/c1-3-14-15-12(8-9-16-15)10-17(14)20(18,19)13-6-4-11(2)5-7-13/h4-7,12,14-16H,3,8-10H2,1-2H3/t12-,14?,15-/m0/s1. The van der Waals surface area contributed by atoms with Crippen LogP contribution in [-0.2, 0) is 10.0 Å². The van der Waals surface area contributed by atoms with Crippen LogP contribution in [0.2, 0.25) is 0 Å². The normalized spacial score (nSPS) is 30.6. The number of benzene rings is 1. The van der Waals surface area contributed by atoms with E-state index in [4.69, 9.17) is 0 Å². The second-order valence-corrected chi connectivity index (χ2v) is 7.78. The van der Waals surface area contributed by atoms with Crippen LogP contribution in [0.3, 0.4) is 0 Å². The molecule has 1 N–H and O–H groups in total. The molecule has 0 aliphatic carbocycles. The van der Waals surface area contributed by atoms with Gasteiger partial charge >= 0.3 is 0 Å². The molecule has 2 fully saturated rings. The van der Waals surface area contributed by atoms with Crippen molar-refractivity contribution in [2.24, 2.45) is 5.92 Å². The van der Waals surface area contributed by atoms with Crippen LogP contribution >= 0.6 is 0 Å². The van der Waals surface area contributed by atoms with E-state index in [2.05, 4.69) is 12.2 Å². The molecular formula is C15H22N2O2S. The molecule has 2 saturated heterocycles. The van der Waals surface area contributed by atoms with Gasteiger partial charge in [-0.1, -0.05) is 24.6 Å². The maximum absolute atomic E-state index is 12.8. The van der Waals surface area contributed by atoms with E-state index in [1.807, 2.05) is 19.1 Å². The summed E-state index contributed by atoms with van der Waals surface area (Å²) in [7, 11) is -3.37. The third kappa shape index (κ3) is 2.18. The Kier molecular flexibility index (Phi) is 3.60. The molecule has 1 aromatic rings. The predicted molar refractivity (Wildman–Crippen MR) is 79.0 cm³/mol. The van der Waals surface area contributed by atoms with Crippen LogP contribution in [-0.4, -0.2) is 37.9 Å². The highest BCUT2D eigenvalue weighted by atomic mass is 32.2. The van der Waals surface area contributed by atoms with Gasteiger partial charge in [-0.25, -0.2) is 8.42 Å². The van der Waals surface area contributed by atoms with Gasteiger partial charge < -0.3 is 5.32 Å². The molecule has 0 bridgehead atoms. The van der Waals surface area contributed by atoms with Crippen molar-refractivity contribution in [3.63, 3.8) is 0 Å². The van der Waals surface area contributed by atoms with Gasteiger partial charge in [-0.2, -0.15) is 4.31 Å². The lowest BCUT2D eigenvalue weighted by atomic mass is 9.99. The van der Waals surface area contributed by atoms with Crippen molar-refractivity contribution >= 4 is 10.0 Å². The third-order valence-corrected chi connectivity index (χ3v) is 6.55. The van der Waals surface area contributed by atoms with Crippen molar-refractivity contribution in [2.75, 3.05) is 13.1 Å². The Morgan fingerprint density at radius 1 is 1.30 bits per heavy atom. The topological polar surface area (TPSA) is 49.4 Å². The van der Waals surface area contributed by atoms with Crippen molar-refractivity contribution < 1.29 is 8.42 Å². The number of fused-ring (bicyclic) bond motifs is 1. The van der Waals surface area contributed by atoms with E-state index in [0.717, 1.165) is 24.9 Å². The summed E-state index contributed by atoms with van der Waals surface area (Å²) in [6.07, 6.45) is 1.94. The zero-order valence-corrected chi connectivity index (χ0v) is 12.9. The average molecular weight is 294 g/mol. The molecule has 3 rings (SSSR count). The molecule has 1 aromatic carbocycles. The van der Waals surface area contributed by atoms with E-state index < -0.39 is 10.0 Å². The second kappa shape index (κ2) is 5.13. The fourth-order valence-corrected chi connectivity index (χ4v) is 5.34. The number of hydrogen-bond acceptors (Lipinski definition) is 3. The van der Waals surface area contributed by atoms with Gasteiger partial charge in [0.15, 0.2) is 0 Å². The average Bonchev–Trinajstić information content (AvgIpc) is 2.99. The van der Waals surface area contributed by atoms with Gasteiger partial charge in [0, 0.05) is 18.6 Å². The SMILES string of the molecule is CCC1[C@H]2NCC[C@H]2CN1S(=O)(=O)c1ccc(C)cc1. The Balaban J connectivity index is 1.93. The summed E-state index contributed by atoms with van der Waals surface area (Å²) < 4.78 is 27.4. The van der Waals surface area contributed by atoms with Crippen LogP contribution in [0.1, 0.15) is 25.3 Å². The maximum Gasteiger partial charge on any atom is 0.243 e. The minimum atomic E-state index is -3.37. The lowest BCUT2D eigenvalue weighted by molar-refractivity contribution is 0.343. The molecule has 0 amide bonds. The van der Waals surface area contributed by atoms with Crippen molar-refractivity contribution in [3.05, 3.63) is 29.8 Å². The van der Waals surface area contributed by atoms with Crippen LogP contribution in [0, 0.1) is 12.8 Å². The number of rotatable bonds is 3. The number of nitrogens with zero attached hydrogens (tertiary/aromatic N) is 1. The highest BCUT2D eigenvalue weighted by Crippen LogP contribution is 2.35. The van der Waals surface area contributed by atoms with Gasteiger partial charge in [-0.15, -0.1) is 0 Å². The minimum absolute atomic E-state index is 0.0915. The maximum atomic E-state index is 12.8. The Morgan fingerprint density at radius 2 is 2.00 bits per heavy atom. The zero-order chi connectivity index (χ0) is 14.3. The lowest BCUT2D eigenvalue weighted by Crippen LogP contribution is -2.43. The molecule has 1 unspecified atom stereocenters. The first-order chi connectivity index (χ1) is 9.54.